The summed E-state index contributed by atoms with van der Waals surface area (Å²) >= 11 is 5.35. The number of rotatable bonds is 4. The van der Waals surface area contributed by atoms with E-state index in [0.717, 1.165) is 31.9 Å². The minimum atomic E-state index is 0.469. The number of anilines is 1. The van der Waals surface area contributed by atoms with E-state index in [2.05, 4.69) is 51.9 Å². The Balaban J connectivity index is 1.45. The van der Waals surface area contributed by atoms with Gasteiger partial charge in [-0.05, 0) is 48.7 Å². The van der Waals surface area contributed by atoms with Crippen molar-refractivity contribution >= 4 is 29.2 Å². The van der Waals surface area contributed by atoms with Crippen LogP contribution in [0.25, 0.3) is 0 Å². The van der Waals surface area contributed by atoms with Crippen LogP contribution in [0, 0.1) is 5.92 Å². The molecule has 2 N–H and O–H groups in total. The number of hydrogen-bond donors (Lipinski definition) is 2. The highest BCUT2D eigenvalue weighted by atomic mass is 32.1. The quantitative estimate of drug-likeness (QED) is 0.491. The Hall–Kier alpha value is -1.66. The Bertz CT molecular complexity index is 584. The van der Waals surface area contributed by atoms with Gasteiger partial charge in [-0.15, -0.1) is 0 Å². The van der Waals surface area contributed by atoms with E-state index in [1.54, 1.807) is 6.21 Å². The van der Waals surface area contributed by atoms with Gasteiger partial charge in [-0.3, -0.25) is 5.43 Å². The maximum absolute atomic E-state index is 5.39. The molecular formula is C19H28N4OS. The lowest BCUT2D eigenvalue weighted by Crippen LogP contribution is -2.44. The highest BCUT2D eigenvalue weighted by Gasteiger charge is 2.21. The summed E-state index contributed by atoms with van der Waals surface area (Å²) in [5.74, 6) is 0.671. The minimum absolute atomic E-state index is 0.469. The molecule has 1 saturated carbocycles. The van der Waals surface area contributed by atoms with Crippen LogP contribution in [-0.2, 0) is 4.74 Å². The van der Waals surface area contributed by atoms with Crippen molar-refractivity contribution in [2.45, 2.75) is 38.6 Å². The zero-order valence-corrected chi connectivity index (χ0v) is 15.7. The van der Waals surface area contributed by atoms with Gasteiger partial charge in [0.25, 0.3) is 0 Å². The van der Waals surface area contributed by atoms with Gasteiger partial charge in [-0.2, -0.15) is 5.10 Å². The number of nitrogens with one attached hydrogen (secondary N) is 2. The van der Waals surface area contributed by atoms with Gasteiger partial charge in [0.1, 0.15) is 0 Å². The Morgan fingerprint density at radius 1 is 1.20 bits per heavy atom. The molecule has 0 bridgehead atoms. The summed E-state index contributed by atoms with van der Waals surface area (Å²) in [6.45, 7) is 5.80. The predicted octanol–water partition coefficient (Wildman–Crippen LogP) is 2.90. The number of ether oxygens (including phenoxy) is 1. The van der Waals surface area contributed by atoms with Crippen molar-refractivity contribution in [3.8, 4) is 0 Å². The zero-order chi connectivity index (χ0) is 17.5. The van der Waals surface area contributed by atoms with Crippen molar-refractivity contribution in [2.75, 3.05) is 31.2 Å². The molecule has 0 spiro atoms. The van der Waals surface area contributed by atoms with Crippen molar-refractivity contribution < 1.29 is 4.74 Å². The van der Waals surface area contributed by atoms with E-state index < -0.39 is 0 Å². The molecule has 136 valence electrons. The fourth-order valence-electron chi connectivity index (χ4n) is 3.49. The third-order valence-corrected chi connectivity index (χ3v) is 5.29. The Morgan fingerprint density at radius 3 is 2.64 bits per heavy atom. The summed E-state index contributed by atoms with van der Waals surface area (Å²) in [5.41, 5.74) is 5.23. The van der Waals surface area contributed by atoms with Gasteiger partial charge in [0.2, 0.25) is 0 Å². The molecule has 0 aromatic heterocycles. The second-order valence-electron chi connectivity index (χ2n) is 6.90. The number of morpholine rings is 1. The number of hydrazone groups is 1. The van der Waals surface area contributed by atoms with Crippen LogP contribution < -0.4 is 15.6 Å². The smallest absolute Gasteiger partial charge is 0.187 e. The molecule has 1 saturated heterocycles. The van der Waals surface area contributed by atoms with Gasteiger partial charge in [-0.1, -0.05) is 31.9 Å². The van der Waals surface area contributed by atoms with Crippen LogP contribution in [-0.4, -0.2) is 43.7 Å². The summed E-state index contributed by atoms with van der Waals surface area (Å²) in [4.78, 5) is 2.34. The molecule has 2 atom stereocenters. The molecular weight excluding hydrogens is 332 g/mol. The zero-order valence-electron chi connectivity index (χ0n) is 14.9. The van der Waals surface area contributed by atoms with Crippen LogP contribution in [0.5, 0.6) is 0 Å². The monoisotopic (exact) mass is 360 g/mol. The van der Waals surface area contributed by atoms with Crippen molar-refractivity contribution in [3.05, 3.63) is 29.8 Å². The first-order valence-corrected chi connectivity index (χ1v) is 9.65. The van der Waals surface area contributed by atoms with E-state index in [0.29, 0.717) is 17.1 Å². The average molecular weight is 361 g/mol. The minimum Gasteiger partial charge on any atom is -0.378 e. The molecule has 1 aliphatic carbocycles. The van der Waals surface area contributed by atoms with Crippen LogP contribution in [0.4, 0.5) is 5.69 Å². The molecule has 1 aromatic rings. The molecule has 3 rings (SSSR count). The first-order valence-electron chi connectivity index (χ1n) is 9.25. The van der Waals surface area contributed by atoms with Crippen LogP contribution >= 0.6 is 12.2 Å². The second kappa shape index (κ2) is 9.15. The van der Waals surface area contributed by atoms with Gasteiger partial charge >= 0.3 is 0 Å². The molecule has 0 radical (unpaired) electrons. The molecule has 2 aliphatic rings. The van der Waals surface area contributed by atoms with E-state index in [1.807, 2.05) is 0 Å². The van der Waals surface area contributed by atoms with Crippen molar-refractivity contribution in [3.63, 3.8) is 0 Å². The van der Waals surface area contributed by atoms with Gasteiger partial charge in [0, 0.05) is 24.8 Å². The van der Waals surface area contributed by atoms with Gasteiger partial charge in [0.05, 0.1) is 19.4 Å². The highest BCUT2D eigenvalue weighted by Crippen LogP contribution is 2.23. The van der Waals surface area contributed by atoms with Gasteiger partial charge < -0.3 is 15.0 Å². The van der Waals surface area contributed by atoms with Gasteiger partial charge in [-0.25, -0.2) is 0 Å². The number of benzene rings is 1. The molecule has 5 nitrogen and oxygen atoms in total. The summed E-state index contributed by atoms with van der Waals surface area (Å²) in [6, 6.07) is 8.89. The summed E-state index contributed by atoms with van der Waals surface area (Å²) in [7, 11) is 0. The molecule has 1 aromatic carbocycles. The van der Waals surface area contributed by atoms with E-state index in [9.17, 15) is 0 Å². The van der Waals surface area contributed by atoms with E-state index >= 15 is 0 Å². The molecule has 0 amide bonds. The fourth-order valence-corrected chi connectivity index (χ4v) is 3.69. The van der Waals surface area contributed by atoms with Gasteiger partial charge in [0.15, 0.2) is 5.11 Å². The maximum Gasteiger partial charge on any atom is 0.187 e. The summed E-state index contributed by atoms with van der Waals surface area (Å²) < 4.78 is 5.39. The largest absolute Gasteiger partial charge is 0.378 e. The van der Waals surface area contributed by atoms with E-state index in [-0.39, 0.29) is 0 Å². The SMILES string of the molecule is C[C@@H]1CCCC[C@@H]1NC(=S)N/N=C\c1ccc(N2CCOCC2)cc1. The summed E-state index contributed by atoms with van der Waals surface area (Å²) in [5, 5.41) is 8.27. The third kappa shape index (κ3) is 5.41. The molecule has 0 unspecified atom stereocenters. The van der Waals surface area contributed by atoms with Crippen LogP contribution in [0.3, 0.4) is 0 Å². The standard InChI is InChI=1S/C19H28N4OS/c1-15-4-2-3-5-18(15)21-19(25)22-20-14-16-6-8-17(9-7-16)23-10-12-24-13-11-23/h6-9,14-15,18H,2-5,10-13H2,1H3,(H2,21,22,25)/b20-14-/t15-,18+/m1/s1. The maximum atomic E-state index is 5.39. The molecule has 2 fully saturated rings. The first kappa shape index (κ1) is 18.1. The molecule has 1 heterocycles. The fraction of sp³-hybridized carbons (Fsp3) is 0.579. The van der Waals surface area contributed by atoms with E-state index in [4.69, 9.17) is 17.0 Å². The Morgan fingerprint density at radius 2 is 1.92 bits per heavy atom. The molecule has 6 heteroatoms. The van der Waals surface area contributed by atoms with E-state index in [1.165, 1.54) is 31.4 Å². The topological polar surface area (TPSA) is 48.9 Å². The predicted molar refractivity (Wildman–Crippen MR) is 107 cm³/mol. The van der Waals surface area contributed by atoms with Crippen molar-refractivity contribution in [1.29, 1.82) is 0 Å². The molecule has 25 heavy (non-hydrogen) atoms. The third-order valence-electron chi connectivity index (χ3n) is 5.08. The Kier molecular flexibility index (Phi) is 6.64. The first-order chi connectivity index (χ1) is 12.2. The normalized spacial score (nSPS) is 24.3. The number of thiocarbonyl (C=S) groups is 1. The van der Waals surface area contributed by atoms with Crippen LogP contribution in [0.2, 0.25) is 0 Å². The Labute approximate surface area is 155 Å². The van der Waals surface area contributed by atoms with Crippen molar-refractivity contribution in [1.82, 2.24) is 10.7 Å². The summed E-state index contributed by atoms with van der Waals surface area (Å²) in [6.07, 6.45) is 6.89. The number of hydrogen-bond acceptors (Lipinski definition) is 4. The van der Waals surface area contributed by atoms with Crippen molar-refractivity contribution in [2.24, 2.45) is 11.0 Å². The van der Waals surface area contributed by atoms with Crippen LogP contribution in [0.15, 0.2) is 29.4 Å². The average Bonchev–Trinajstić information content (AvgIpc) is 2.65. The lowest BCUT2D eigenvalue weighted by Gasteiger charge is -2.30. The highest BCUT2D eigenvalue weighted by molar-refractivity contribution is 7.80. The lowest BCUT2D eigenvalue weighted by atomic mass is 9.86. The lowest BCUT2D eigenvalue weighted by molar-refractivity contribution is 0.122. The second-order valence-corrected chi connectivity index (χ2v) is 7.31. The van der Waals surface area contributed by atoms with Crippen LogP contribution in [0.1, 0.15) is 38.2 Å². The molecule has 1 aliphatic heterocycles. The number of nitrogens with zero attached hydrogens (tertiary/aromatic N) is 2.